The van der Waals surface area contributed by atoms with E-state index in [0.717, 1.165) is 12.0 Å². The van der Waals surface area contributed by atoms with E-state index in [4.69, 9.17) is 1.37 Å². The fourth-order valence-corrected chi connectivity index (χ4v) is 1.18. The molecule has 71 valence electrons. The van der Waals surface area contributed by atoms with Gasteiger partial charge in [0.2, 0.25) is 0 Å². The van der Waals surface area contributed by atoms with Gasteiger partial charge in [-0.2, -0.15) is 0 Å². The molecule has 0 spiro atoms. The average molecular weight is 254 g/mol. The minimum absolute atomic E-state index is 0. The molecule has 1 aromatic rings. The van der Waals surface area contributed by atoms with Crippen LogP contribution in [-0.4, -0.2) is 7.05 Å². The Morgan fingerprint density at radius 2 is 2.15 bits per heavy atom. The summed E-state index contributed by atoms with van der Waals surface area (Å²) >= 11 is 0. The summed E-state index contributed by atoms with van der Waals surface area (Å²) in [6.45, 7) is 2.50. The number of benzene rings is 1. The Morgan fingerprint density at radius 3 is 2.62 bits per heavy atom. The van der Waals surface area contributed by atoms with Gasteiger partial charge in [-0.3, -0.25) is 0 Å². The molecule has 1 rings (SSSR count). The van der Waals surface area contributed by atoms with Crippen LogP contribution in [0.3, 0.4) is 0 Å². The average Bonchev–Trinajstić information content (AvgIpc) is 2.16. The van der Waals surface area contributed by atoms with E-state index in [-0.39, 0.29) is 40.1 Å². The van der Waals surface area contributed by atoms with Crippen LogP contribution < -0.4 is 5.32 Å². The van der Waals surface area contributed by atoms with E-state index in [1.165, 1.54) is 11.3 Å². The van der Waals surface area contributed by atoms with E-state index in [1.807, 2.05) is 19.2 Å². The fourth-order valence-electron chi connectivity index (χ4n) is 1.18. The first-order chi connectivity index (χ1) is 5.81. The minimum atomic E-state index is 0. The third kappa shape index (κ3) is 4.24. The van der Waals surface area contributed by atoms with Crippen LogP contribution in [0.15, 0.2) is 18.2 Å². The van der Waals surface area contributed by atoms with Crippen LogP contribution in [0, 0.1) is 14.3 Å². The number of nitrogens with one attached hydrogen (secondary N) is 1. The summed E-state index contributed by atoms with van der Waals surface area (Å²) < 4.78 is 7.22. The zero-order chi connectivity index (χ0) is 8.97. The van der Waals surface area contributed by atoms with E-state index in [0.29, 0.717) is 6.90 Å². The Hall–Kier alpha value is 0.124. The van der Waals surface area contributed by atoms with Gasteiger partial charge in [-0.15, -0.1) is 0 Å². The summed E-state index contributed by atoms with van der Waals surface area (Å²) in [4.78, 5) is 0. The van der Waals surface area contributed by atoms with Gasteiger partial charge >= 0.3 is 0 Å². The summed E-state index contributed by atoms with van der Waals surface area (Å²) in [5.41, 5.74) is 3.56. The van der Waals surface area contributed by atoms with E-state index < -0.39 is 0 Å². The van der Waals surface area contributed by atoms with Crippen LogP contribution in [0.5, 0.6) is 0 Å². The minimum Gasteiger partial charge on any atom is -0.388 e. The van der Waals surface area contributed by atoms with Crippen molar-refractivity contribution in [3.63, 3.8) is 0 Å². The summed E-state index contributed by atoms with van der Waals surface area (Å²) in [5, 5.41) is 3.14. The van der Waals surface area contributed by atoms with E-state index in [9.17, 15) is 0 Å². The molecule has 0 unspecified atom stereocenters. The second kappa shape index (κ2) is 7.52. The predicted octanol–water partition coefficient (Wildman–Crippen LogP) is 3.05. The van der Waals surface area contributed by atoms with Crippen LogP contribution in [0.25, 0.3) is 0 Å². The van der Waals surface area contributed by atoms with Gasteiger partial charge in [0.25, 0.3) is 0 Å². The van der Waals surface area contributed by atoms with Crippen molar-refractivity contribution in [2.75, 3.05) is 12.4 Å². The van der Waals surface area contributed by atoms with Crippen molar-refractivity contribution in [2.45, 2.75) is 20.2 Å². The van der Waals surface area contributed by atoms with Crippen molar-refractivity contribution < 1.29 is 34.1 Å². The van der Waals surface area contributed by atoms with Crippen molar-refractivity contribution in [3.8, 4) is 0 Å². The maximum Gasteiger partial charge on any atom is 0.0370 e. The monoisotopic (exact) mass is 254 g/mol. The molecule has 0 bridgehead atoms. The quantitative estimate of drug-likeness (QED) is 0.800. The van der Waals surface area contributed by atoms with Crippen LogP contribution in [0.2, 0.25) is 0 Å². The molecule has 13 heavy (non-hydrogen) atoms. The molecule has 0 amide bonds. The topological polar surface area (TPSA) is 12.0 Å². The van der Waals surface area contributed by atoms with Gasteiger partial charge in [0, 0.05) is 46.8 Å². The van der Waals surface area contributed by atoms with Crippen molar-refractivity contribution >= 4 is 5.69 Å². The normalized spacial score (nSPS) is 9.23. The Balaban J connectivity index is 0. The first kappa shape index (κ1) is 13.1. The summed E-state index contributed by atoms with van der Waals surface area (Å²) in [7, 11) is 1.93. The largest absolute Gasteiger partial charge is 0.388 e. The SMILES string of the molecule is [2H]Cc1ccc(NC)c(CC)c1.[CH3-].[Y]. The molecule has 0 atom stereocenters. The molecule has 0 fully saturated rings. The van der Waals surface area contributed by atoms with Gasteiger partial charge in [0.1, 0.15) is 0 Å². The standard InChI is InChI=1S/C10H15N.CH3.Y/c1-4-9-7-8(2)5-6-10(9)11-3;;/h5-7,11H,4H2,1-3H3;1H3;/q;-1;/i2D;;. The molecule has 2 heteroatoms. The molecule has 1 nitrogen and oxygen atoms in total. The number of hydrogen-bond donors (Lipinski definition) is 1. The van der Waals surface area contributed by atoms with Crippen LogP contribution in [0.4, 0.5) is 5.69 Å². The Morgan fingerprint density at radius 1 is 1.46 bits per heavy atom. The van der Waals surface area contributed by atoms with Crippen LogP contribution in [-0.2, 0) is 39.1 Å². The Bertz CT molecular complexity index is 263. The molecule has 0 aliphatic carbocycles. The fraction of sp³-hybridized carbons (Fsp3) is 0.364. The van der Waals surface area contributed by atoms with Gasteiger partial charge in [0.05, 0.1) is 0 Å². The molecular formula is C11H18NY-. The van der Waals surface area contributed by atoms with Gasteiger partial charge in [-0.1, -0.05) is 24.6 Å². The molecule has 1 aromatic carbocycles. The van der Waals surface area contributed by atoms with E-state index in [2.05, 4.69) is 18.3 Å². The molecule has 0 saturated heterocycles. The van der Waals surface area contributed by atoms with Crippen molar-refractivity contribution in [1.29, 1.82) is 0 Å². The molecule has 1 N–H and O–H groups in total. The van der Waals surface area contributed by atoms with Gasteiger partial charge in [-0.05, 0) is 25.0 Å². The Labute approximate surface area is 109 Å². The number of rotatable bonds is 2. The molecule has 0 aliphatic rings. The van der Waals surface area contributed by atoms with E-state index >= 15 is 0 Å². The number of hydrogen-bond acceptors (Lipinski definition) is 1. The summed E-state index contributed by atoms with van der Waals surface area (Å²) in [6.07, 6.45) is 1.02. The summed E-state index contributed by atoms with van der Waals surface area (Å²) in [5.74, 6) is 0. The van der Waals surface area contributed by atoms with Gasteiger partial charge in [-0.25, -0.2) is 0 Å². The van der Waals surface area contributed by atoms with Crippen LogP contribution in [0.1, 0.15) is 19.4 Å². The maximum absolute atomic E-state index is 7.22. The Kier molecular flexibility index (Phi) is 7.59. The second-order valence-electron chi connectivity index (χ2n) is 2.60. The predicted molar refractivity (Wildman–Crippen MR) is 56.5 cm³/mol. The van der Waals surface area contributed by atoms with Crippen molar-refractivity contribution in [1.82, 2.24) is 0 Å². The van der Waals surface area contributed by atoms with Crippen molar-refractivity contribution in [2.24, 2.45) is 0 Å². The third-order valence-electron chi connectivity index (χ3n) is 1.82. The molecule has 0 saturated carbocycles. The molecule has 1 radical (unpaired) electrons. The molecule has 0 heterocycles. The van der Waals surface area contributed by atoms with Crippen molar-refractivity contribution in [3.05, 3.63) is 36.8 Å². The second-order valence-corrected chi connectivity index (χ2v) is 2.60. The first-order valence-corrected chi connectivity index (χ1v) is 3.90. The maximum atomic E-state index is 7.22. The smallest absolute Gasteiger partial charge is 0.0370 e. The zero-order valence-corrected chi connectivity index (χ0v) is 11.6. The molecule has 0 aliphatic heterocycles. The summed E-state index contributed by atoms with van der Waals surface area (Å²) in [6, 6.07) is 6.14. The zero-order valence-electron chi connectivity index (χ0n) is 9.72. The molecular weight excluding hydrogens is 235 g/mol. The molecule has 0 aromatic heterocycles. The van der Waals surface area contributed by atoms with Gasteiger partial charge in [0.15, 0.2) is 0 Å². The van der Waals surface area contributed by atoms with Gasteiger partial charge < -0.3 is 12.7 Å². The van der Waals surface area contributed by atoms with E-state index in [1.54, 1.807) is 0 Å². The number of aryl methyl sites for hydroxylation is 2. The van der Waals surface area contributed by atoms with Crippen LogP contribution >= 0.6 is 0 Å². The third-order valence-corrected chi connectivity index (χ3v) is 1.82. The first-order valence-electron chi connectivity index (χ1n) is 4.61. The number of anilines is 1.